The fourth-order valence-corrected chi connectivity index (χ4v) is 3.03. The Morgan fingerprint density at radius 2 is 2.19 bits per heavy atom. The third-order valence-corrected chi connectivity index (χ3v) is 4.03. The predicted octanol–water partition coefficient (Wildman–Crippen LogP) is 1.88. The summed E-state index contributed by atoms with van der Waals surface area (Å²) in [6.07, 6.45) is 0. The molecule has 1 heterocycles. The molecular weight excluding hydrogens is 294 g/mol. The van der Waals surface area contributed by atoms with Crippen molar-refractivity contribution >= 4 is 23.3 Å². The molecule has 9 heteroatoms. The third-order valence-electron chi connectivity index (χ3n) is 2.80. The third kappa shape index (κ3) is 2.82. The van der Waals surface area contributed by atoms with E-state index in [2.05, 4.69) is 10.3 Å². The van der Waals surface area contributed by atoms with Crippen molar-refractivity contribution in [2.75, 3.05) is 0 Å². The lowest BCUT2D eigenvalue weighted by Gasteiger charge is -2.06. The number of rotatable bonds is 4. The molecule has 0 saturated heterocycles. The van der Waals surface area contributed by atoms with E-state index >= 15 is 0 Å². The van der Waals surface area contributed by atoms with Gasteiger partial charge in [-0.05, 0) is 13.0 Å². The Labute approximate surface area is 124 Å². The predicted molar refractivity (Wildman–Crippen MR) is 77.7 cm³/mol. The van der Waals surface area contributed by atoms with E-state index in [-0.39, 0.29) is 11.5 Å². The first-order chi connectivity index (χ1) is 9.95. The van der Waals surface area contributed by atoms with E-state index in [4.69, 9.17) is 10.9 Å². The van der Waals surface area contributed by atoms with Gasteiger partial charge >= 0.3 is 0 Å². The van der Waals surface area contributed by atoms with Crippen molar-refractivity contribution in [1.82, 2.24) is 9.78 Å². The molecule has 0 atom stereocenters. The summed E-state index contributed by atoms with van der Waals surface area (Å²) in [4.78, 5) is 11.1. The summed E-state index contributed by atoms with van der Waals surface area (Å²) in [5.74, 6) is -0.0818. The molecule has 0 unspecified atom stereocenters. The average molecular weight is 307 g/mol. The first-order valence-corrected chi connectivity index (χ1v) is 6.70. The zero-order valence-electron chi connectivity index (χ0n) is 11.3. The first-order valence-electron chi connectivity index (χ1n) is 5.88. The number of nitrogens with zero attached hydrogens (tertiary/aromatic N) is 4. The van der Waals surface area contributed by atoms with E-state index < -0.39 is 4.92 Å². The van der Waals surface area contributed by atoms with Crippen molar-refractivity contribution in [3.63, 3.8) is 0 Å². The summed E-state index contributed by atoms with van der Waals surface area (Å²) in [7, 11) is 1.69. The second-order valence-corrected chi connectivity index (χ2v) is 5.23. The van der Waals surface area contributed by atoms with Crippen LogP contribution >= 0.6 is 11.8 Å². The van der Waals surface area contributed by atoms with Crippen LogP contribution in [-0.2, 0) is 7.05 Å². The average Bonchev–Trinajstić information content (AvgIpc) is 2.73. The highest BCUT2D eigenvalue weighted by Crippen LogP contribution is 2.36. The summed E-state index contributed by atoms with van der Waals surface area (Å²) >= 11 is 1.15. The minimum absolute atomic E-state index is 0.00758. The van der Waals surface area contributed by atoms with Crippen LogP contribution in [-0.4, -0.2) is 25.7 Å². The highest BCUT2D eigenvalue weighted by atomic mass is 32.2. The summed E-state index contributed by atoms with van der Waals surface area (Å²) in [5, 5.41) is 27.7. The molecule has 0 aliphatic carbocycles. The van der Waals surface area contributed by atoms with E-state index in [9.17, 15) is 10.1 Å². The van der Waals surface area contributed by atoms with Gasteiger partial charge in [-0.15, -0.1) is 0 Å². The second kappa shape index (κ2) is 5.83. The Morgan fingerprint density at radius 1 is 1.52 bits per heavy atom. The van der Waals surface area contributed by atoms with Crippen molar-refractivity contribution in [2.24, 2.45) is 17.9 Å². The highest BCUT2D eigenvalue weighted by molar-refractivity contribution is 7.99. The Balaban J connectivity index is 2.53. The molecule has 0 aliphatic heterocycles. The Kier molecular flexibility index (Phi) is 4.13. The number of hydrogen-bond acceptors (Lipinski definition) is 6. The van der Waals surface area contributed by atoms with Gasteiger partial charge in [0.2, 0.25) is 0 Å². The van der Waals surface area contributed by atoms with Crippen LogP contribution in [0.15, 0.2) is 39.3 Å². The maximum absolute atomic E-state index is 11.1. The van der Waals surface area contributed by atoms with Gasteiger partial charge in [0, 0.05) is 13.1 Å². The number of aromatic nitrogens is 2. The van der Waals surface area contributed by atoms with Gasteiger partial charge in [-0.25, -0.2) is 0 Å². The summed E-state index contributed by atoms with van der Waals surface area (Å²) in [5.41, 5.74) is 6.69. The van der Waals surface area contributed by atoms with Gasteiger partial charge in [0.1, 0.15) is 5.03 Å². The molecule has 3 N–H and O–H groups in total. The first kappa shape index (κ1) is 14.9. The quantitative estimate of drug-likeness (QED) is 0.292. The molecule has 0 fully saturated rings. The zero-order valence-corrected chi connectivity index (χ0v) is 12.2. The molecule has 1 aromatic carbocycles. The van der Waals surface area contributed by atoms with Gasteiger partial charge in [-0.2, -0.15) is 5.10 Å². The van der Waals surface area contributed by atoms with Crippen LogP contribution in [0.2, 0.25) is 0 Å². The number of nitrogens with two attached hydrogens (primary N) is 1. The largest absolute Gasteiger partial charge is 0.409 e. The molecule has 0 amide bonds. The number of nitro benzene ring substituents is 1. The number of oxime groups is 1. The summed E-state index contributed by atoms with van der Waals surface area (Å²) in [6.45, 7) is 1.72. The summed E-state index contributed by atoms with van der Waals surface area (Å²) < 4.78 is 1.55. The molecule has 21 heavy (non-hydrogen) atoms. The fraction of sp³-hybridized carbons (Fsp3) is 0.167. The smallest absolute Gasteiger partial charge is 0.283 e. The second-order valence-electron chi connectivity index (χ2n) is 4.20. The summed E-state index contributed by atoms with van der Waals surface area (Å²) in [6, 6.07) is 6.37. The molecule has 0 bridgehead atoms. The van der Waals surface area contributed by atoms with Crippen LogP contribution in [0.3, 0.4) is 0 Å². The van der Waals surface area contributed by atoms with Crippen molar-refractivity contribution in [2.45, 2.75) is 16.8 Å². The van der Waals surface area contributed by atoms with Crippen molar-refractivity contribution in [3.8, 4) is 0 Å². The van der Waals surface area contributed by atoms with Crippen LogP contribution in [0.25, 0.3) is 0 Å². The van der Waals surface area contributed by atoms with Gasteiger partial charge in [0.15, 0.2) is 5.84 Å². The number of nitro groups is 1. The molecule has 2 aromatic rings. The Hall–Kier alpha value is -2.55. The number of hydrogen-bond donors (Lipinski definition) is 2. The van der Waals surface area contributed by atoms with Crippen molar-refractivity contribution < 1.29 is 10.1 Å². The standard InChI is InChI=1S/C12H13N5O3S/c1-7-10(11(13)15-18)12(16(2)14-7)21-9-6-4-3-5-8(9)17(19)20/h3-6,18H,1-2H3,(H2,13,15). The van der Waals surface area contributed by atoms with Crippen molar-refractivity contribution in [3.05, 3.63) is 45.6 Å². The Morgan fingerprint density at radius 3 is 2.81 bits per heavy atom. The van der Waals surface area contributed by atoms with E-state index in [1.165, 1.54) is 6.07 Å². The number of amidine groups is 1. The molecule has 0 aliphatic rings. The lowest BCUT2D eigenvalue weighted by molar-refractivity contribution is -0.387. The topological polar surface area (TPSA) is 120 Å². The van der Waals surface area contributed by atoms with E-state index in [0.717, 1.165) is 11.8 Å². The van der Waals surface area contributed by atoms with Crippen LogP contribution < -0.4 is 5.73 Å². The van der Waals surface area contributed by atoms with Crippen LogP contribution in [0.1, 0.15) is 11.3 Å². The zero-order chi connectivity index (χ0) is 15.6. The van der Waals surface area contributed by atoms with E-state index in [1.54, 1.807) is 36.9 Å². The minimum Gasteiger partial charge on any atom is -0.409 e. The molecule has 110 valence electrons. The monoisotopic (exact) mass is 307 g/mol. The maximum Gasteiger partial charge on any atom is 0.283 e. The van der Waals surface area contributed by atoms with Gasteiger partial charge in [-0.1, -0.05) is 29.1 Å². The van der Waals surface area contributed by atoms with Gasteiger partial charge in [0.25, 0.3) is 5.69 Å². The van der Waals surface area contributed by atoms with Gasteiger partial charge in [0.05, 0.1) is 21.1 Å². The number of aryl methyl sites for hydroxylation is 2. The van der Waals surface area contributed by atoms with Gasteiger partial charge < -0.3 is 10.9 Å². The molecule has 0 spiro atoms. The normalized spacial score (nSPS) is 11.6. The minimum atomic E-state index is -0.450. The number of benzene rings is 1. The molecule has 0 radical (unpaired) electrons. The molecule has 0 saturated carbocycles. The van der Waals surface area contributed by atoms with Crippen LogP contribution in [0.5, 0.6) is 0 Å². The van der Waals surface area contributed by atoms with Crippen LogP contribution in [0.4, 0.5) is 5.69 Å². The SMILES string of the molecule is Cc1nn(C)c(Sc2ccccc2[N+](=O)[O-])c1C(N)=NO. The Bertz CT molecular complexity index is 726. The maximum atomic E-state index is 11.1. The van der Waals surface area contributed by atoms with Crippen molar-refractivity contribution in [1.29, 1.82) is 0 Å². The van der Waals surface area contributed by atoms with E-state index in [1.807, 2.05) is 0 Å². The van der Waals surface area contributed by atoms with Gasteiger partial charge in [-0.3, -0.25) is 14.8 Å². The molecule has 1 aromatic heterocycles. The number of para-hydroxylation sites is 1. The molecule has 2 rings (SSSR count). The fourth-order valence-electron chi connectivity index (χ4n) is 1.90. The van der Waals surface area contributed by atoms with E-state index in [0.29, 0.717) is 21.2 Å². The highest BCUT2D eigenvalue weighted by Gasteiger charge is 2.21. The molecule has 8 nitrogen and oxygen atoms in total. The lowest BCUT2D eigenvalue weighted by Crippen LogP contribution is -2.15. The molecular formula is C12H13N5O3S. The van der Waals surface area contributed by atoms with Crippen LogP contribution in [0, 0.1) is 17.0 Å². The lowest BCUT2D eigenvalue weighted by atomic mass is 10.2.